The number of ether oxygens (including phenoxy) is 2. The van der Waals surface area contributed by atoms with Crippen molar-refractivity contribution in [1.82, 2.24) is 4.98 Å². The van der Waals surface area contributed by atoms with E-state index in [1.807, 2.05) is 80.6 Å². The third-order valence-electron chi connectivity index (χ3n) is 4.94. The summed E-state index contributed by atoms with van der Waals surface area (Å²) in [6.07, 6.45) is 0. The Bertz CT molecular complexity index is 1270. The minimum Gasteiger partial charge on any atom is -0.449 e. The molecule has 5 rings (SSSR count). The van der Waals surface area contributed by atoms with Crippen molar-refractivity contribution in [2.45, 2.75) is 19.6 Å². The highest BCUT2D eigenvalue weighted by Crippen LogP contribution is 2.40. The monoisotopic (exact) mass is 396 g/mol. The molecule has 0 fully saturated rings. The van der Waals surface area contributed by atoms with Gasteiger partial charge in [0, 0.05) is 36.6 Å². The lowest BCUT2D eigenvalue weighted by Gasteiger charge is -2.16. The van der Waals surface area contributed by atoms with Crippen LogP contribution in [0.15, 0.2) is 78.9 Å². The van der Waals surface area contributed by atoms with Gasteiger partial charge in [-0.3, -0.25) is 4.79 Å². The van der Waals surface area contributed by atoms with Crippen molar-refractivity contribution in [3.63, 3.8) is 0 Å². The molecule has 1 amide bonds. The normalized spacial score (nSPS) is 13.9. The first-order valence-corrected chi connectivity index (χ1v) is 9.77. The van der Waals surface area contributed by atoms with Crippen LogP contribution < -0.4 is 14.8 Å². The molecule has 0 saturated carbocycles. The highest BCUT2D eigenvalue weighted by molar-refractivity contribution is 6.13. The van der Waals surface area contributed by atoms with Crippen LogP contribution in [-0.2, 0) is 0 Å². The Morgan fingerprint density at radius 2 is 1.60 bits per heavy atom. The highest BCUT2D eigenvalue weighted by atomic mass is 16.7. The number of nitrogens with one attached hydrogen (secondary N) is 1. The smallest absolute Gasteiger partial charge is 0.256 e. The molecular weight excluding hydrogens is 376 g/mol. The summed E-state index contributed by atoms with van der Waals surface area (Å²) in [5.41, 5.74) is 3.70. The maximum atomic E-state index is 13.2. The first-order valence-electron chi connectivity index (χ1n) is 9.77. The molecule has 5 heteroatoms. The van der Waals surface area contributed by atoms with Crippen LogP contribution in [0.1, 0.15) is 24.2 Å². The van der Waals surface area contributed by atoms with Crippen LogP contribution in [0.3, 0.4) is 0 Å². The summed E-state index contributed by atoms with van der Waals surface area (Å²) in [4.78, 5) is 18.0. The fourth-order valence-corrected chi connectivity index (χ4v) is 3.62. The molecule has 5 nitrogen and oxygen atoms in total. The summed E-state index contributed by atoms with van der Waals surface area (Å²) in [5.74, 6) is 0.363. The lowest BCUT2D eigenvalue weighted by molar-refractivity contribution is -0.0431. The molecule has 0 saturated heterocycles. The molecule has 1 aliphatic heterocycles. The van der Waals surface area contributed by atoms with E-state index in [2.05, 4.69) is 5.32 Å². The second kappa shape index (κ2) is 6.88. The molecule has 4 aromatic rings. The maximum absolute atomic E-state index is 13.2. The van der Waals surface area contributed by atoms with E-state index in [4.69, 9.17) is 14.5 Å². The first kappa shape index (κ1) is 18.2. The number of nitrogens with zero attached hydrogens (tertiary/aromatic N) is 1. The first-order chi connectivity index (χ1) is 14.5. The fourth-order valence-electron chi connectivity index (χ4n) is 3.62. The lowest BCUT2D eigenvalue weighted by Crippen LogP contribution is -2.29. The number of hydrogen-bond acceptors (Lipinski definition) is 4. The van der Waals surface area contributed by atoms with Crippen molar-refractivity contribution < 1.29 is 14.3 Å². The van der Waals surface area contributed by atoms with Crippen LogP contribution in [0.2, 0.25) is 0 Å². The summed E-state index contributed by atoms with van der Waals surface area (Å²) in [6, 6.07) is 24.7. The Labute approximate surface area is 174 Å². The van der Waals surface area contributed by atoms with Crippen molar-refractivity contribution in [2.75, 3.05) is 5.32 Å². The van der Waals surface area contributed by atoms with Crippen LogP contribution in [0, 0.1) is 0 Å². The second-order valence-electron chi connectivity index (χ2n) is 7.66. The van der Waals surface area contributed by atoms with Gasteiger partial charge >= 0.3 is 0 Å². The summed E-state index contributed by atoms with van der Waals surface area (Å²) in [6.45, 7) is 3.69. The zero-order valence-electron chi connectivity index (χ0n) is 16.7. The van der Waals surface area contributed by atoms with E-state index in [9.17, 15) is 4.79 Å². The standard InChI is InChI=1S/C25H20N2O3/c1-25(2)29-22-13-12-17(14-23(22)30-25)26-24(28)19-15-21(16-8-4-3-5-9-16)27-20-11-7-6-10-18(19)20/h3-15H,1-2H3,(H,26,28). The van der Waals surface area contributed by atoms with Gasteiger partial charge in [0.05, 0.1) is 16.8 Å². The Balaban J connectivity index is 1.52. The van der Waals surface area contributed by atoms with E-state index in [0.29, 0.717) is 22.7 Å². The van der Waals surface area contributed by atoms with Crippen molar-refractivity contribution in [2.24, 2.45) is 0 Å². The highest BCUT2D eigenvalue weighted by Gasteiger charge is 2.31. The van der Waals surface area contributed by atoms with Crippen molar-refractivity contribution >= 4 is 22.5 Å². The van der Waals surface area contributed by atoms with Gasteiger partial charge in [0.2, 0.25) is 5.79 Å². The SMILES string of the molecule is CC1(C)Oc2ccc(NC(=O)c3cc(-c4ccccc4)nc4ccccc34)cc2O1. The van der Waals surface area contributed by atoms with Crippen LogP contribution in [0.5, 0.6) is 11.5 Å². The van der Waals surface area contributed by atoms with E-state index in [-0.39, 0.29) is 5.91 Å². The van der Waals surface area contributed by atoms with Gasteiger partial charge in [0.25, 0.3) is 5.91 Å². The number of amides is 1. The van der Waals surface area contributed by atoms with E-state index >= 15 is 0 Å². The van der Waals surface area contributed by atoms with Gasteiger partial charge in [-0.25, -0.2) is 4.98 Å². The molecule has 1 N–H and O–H groups in total. The molecule has 30 heavy (non-hydrogen) atoms. The molecule has 0 spiro atoms. The number of carbonyl (C=O) groups is 1. The molecule has 0 radical (unpaired) electrons. The number of fused-ring (bicyclic) bond motifs is 2. The van der Waals surface area contributed by atoms with Gasteiger partial charge in [-0.15, -0.1) is 0 Å². The second-order valence-corrected chi connectivity index (χ2v) is 7.66. The average molecular weight is 396 g/mol. The predicted molar refractivity (Wildman–Crippen MR) is 117 cm³/mol. The molecular formula is C25H20N2O3. The zero-order valence-corrected chi connectivity index (χ0v) is 16.7. The number of para-hydroxylation sites is 1. The molecule has 1 aromatic heterocycles. The number of benzene rings is 3. The number of hydrogen-bond donors (Lipinski definition) is 1. The lowest BCUT2D eigenvalue weighted by atomic mass is 10.0. The van der Waals surface area contributed by atoms with Crippen LogP contribution in [0.25, 0.3) is 22.2 Å². The maximum Gasteiger partial charge on any atom is 0.256 e. The number of aromatic nitrogens is 1. The Morgan fingerprint density at radius 1 is 0.867 bits per heavy atom. The minimum atomic E-state index is -0.711. The van der Waals surface area contributed by atoms with Crippen LogP contribution in [0.4, 0.5) is 5.69 Å². The topological polar surface area (TPSA) is 60.5 Å². The molecule has 0 atom stereocenters. The number of pyridine rings is 1. The Hall–Kier alpha value is -3.86. The van der Waals surface area contributed by atoms with E-state index in [1.54, 1.807) is 12.1 Å². The van der Waals surface area contributed by atoms with Gasteiger partial charge in [-0.05, 0) is 24.3 Å². The molecule has 3 aromatic carbocycles. The minimum absolute atomic E-state index is 0.205. The number of anilines is 1. The van der Waals surface area contributed by atoms with Crippen LogP contribution >= 0.6 is 0 Å². The van der Waals surface area contributed by atoms with Gasteiger partial charge in [0.15, 0.2) is 11.5 Å². The predicted octanol–water partition coefficient (Wildman–Crippen LogP) is 5.66. The molecule has 0 unspecified atom stereocenters. The van der Waals surface area contributed by atoms with Gasteiger partial charge < -0.3 is 14.8 Å². The number of rotatable bonds is 3. The third kappa shape index (κ3) is 3.35. The molecule has 2 heterocycles. The van der Waals surface area contributed by atoms with E-state index < -0.39 is 5.79 Å². The van der Waals surface area contributed by atoms with Crippen molar-refractivity contribution in [3.05, 3.63) is 84.4 Å². The Morgan fingerprint density at radius 3 is 2.43 bits per heavy atom. The molecule has 1 aliphatic rings. The third-order valence-corrected chi connectivity index (χ3v) is 4.94. The molecule has 148 valence electrons. The van der Waals surface area contributed by atoms with Gasteiger partial charge in [-0.1, -0.05) is 48.5 Å². The summed E-state index contributed by atoms with van der Waals surface area (Å²) >= 11 is 0. The molecule has 0 aliphatic carbocycles. The fraction of sp³-hybridized carbons (Fsp3) is 0.120. The Kier molecular flexibility index (Phi) is 4.17. The quantitative estimate of drug-likeness (QED) is 0.485. The van der Waals surface area contributed by atoms with E-state index in [0.717, 1.165) is 22.2 Å². The van der Waals surface area contributed by atoms with Gasteiger partial charge in [-0.2, -0.15) is 0 Å². The van der Waals surface area contributed by atoms with Crippen molar-refractivity contribution in [1.29, 1.82) is 0 Å². The summed E-state index contributed by atoms with van der Waals surface area (Å²) in [5, 5.41) is 3.79. The molecule has 0 bridgehead atoms. The zero-order chi connectivity index (χ0) is 20.7. The van der Waals surface area contributed by atoms with E-state index in [1.165, 1.54) is 0 Å². The number of carbonyl (C=O) groups excluding carboxylic acids is 1. The van der Waals surface area contributed by atoms with Crippen molar-refractivity contribution in [3.8, 4) is 22.8 Å². The summed E-state index contributed by atoms with van der Waals surface area (Å²) < 4.78 is 11.5. The summed E-state index contributed by atoms with van der Waals surface area (Å²) in [7, 11) is 0. The largest absolute Gasteiger partial charge is 0.449 e. The van der Waals surface area contributed by atoms with Crippen LogP contribution in [-0.4, -0.2) is 16.7 Å². The average Bonchev–Trinajstić information content (AvgIpc) is 3.06. The van der Waals surface area contributed by atoms with Gasteiger partial charge in [0.1, 0.15) is 0 Å².